The number of aromatic nitrogens is 2. The first kappa shape index (κ1) is 19.8. The molecule has 1 aliphatic heterocycles. The lowest BCUT2D eigenvalue weighted by Gasteiger charge is -2.40. The van der Waals surface area contributed by atoms with Crippen LogP contribution in [0.1, 0.15) is 48.3 Å². The summed E-state index contributed by atoms with van der Waals surface area (Å²) in [6, 6.07) is 9.95. The molecule has 1 aromatic heterocycles. The number of carbonyl (C=O) groups excluding carboxylic acids is 1. The topological polar surface area (TPSA) is 70.7 Å². The molecule has 0 spiro atoms. The fourth-order valence-corrected chi connectivity index (χ4v) is 4.30. The summed E-state index contributed by atoms with van der Waals surface area (Å²) in [4.78, 5) is 17.3. The van der Waals surface area contributed by atoms with Crippen molar-refractivity contribution >= 4 is 5.91 Å². The van der Waals surface area contributed by atoms with Crippen LogP contribution in [0.2, 0.25) is 0 Å². The Morgan fingerprint density at radius 1 is 1.10 bits per heavy atom. The molecule has 2 aromatic rings. The van der Waals surface area contributed by atoms with Crippen LogP contribution in [0.4, 0.5) is 0 Å². The maximum atomic E-state index is 12.8. The van der Waals surface area contributed by atoms with Crippen LogP contribution in [0.3, 0.4) is 0 Å². The van der Waals surface area contributed by atoms with Gasteiger partial charge in [-0.05, 0) is 31.0 Å². The Morgan fingerprint density at radius 2 is 1.86 bits per heavy atom. The standard InChI is InChI=1S/C22H30N4O3/c1-28-19-8-5-9-20(15-19)29-16-17-14-21(24-23-17)22(27)26-12-10-25(11-13-26)18-6-3-2-4-7-18/h5,8-9,14-15,18H,2-4,6-7,10-13,16H2,1H3,(H,23,24). The number of nitrogens with zero attached hydrogens (tertiary/aromatic N) is 3. The van der Waals surface area contributed by atoms with Crippen molar-refractivity contribution in [3.63, 3.8) is 0 Å². The van der Waals surface area contributed by atoms with Gasteiger partial charge in [0.25, 0.3) is 5.91 Å². The lowest BCUT2D eigenvalue weighted by molar-refractivity contribution is 0.0518. The second-order valence-corrected chi connectivity index (χ2v) is 7.87. The fraction of sp³-hybridized carbons (Fsp3) is 0.545. The smallest absolute Gasteiger partial charge is 0.274 e. The van der Waals surface area contributed by atoms with Crippen LogP contribution in [-0.4, -0.2) is 65.2 Å². The zero-order chi connectivity index (χ0) is 20.1. The van der Waals surface area contributed by atoms with E-state index in [1.807, 2.05) is 29.2 Å². The number of rotatable bonds is 6. The van der Waals surface area contributed by atoms with Gasteiger partial charge in [0.05, 0.1) is 12.8 Å². The van der Waals surface area contributed by atoms with Gasteiger partial charge >= 0.3 is 0 Å². The van der Waals surface area contributed by atoms with Crippen LogP contribution in [0.5, 0.6) is 11.5 Å². The number of carbonyl (C=O) groups is 1. The highest BCUT2D eigenvalue weighted by atomic mass is 16.5. The van der Waals surface area contributed by atoms with Gasteiger partial charge in [-0.15, -0.1) is 0 Å². The second-order valence-electron chi connectivity index (χ2n) is 7.87. The molecule has 2 aliphatic rings. The number of piperazine rings is 1. The molecule has 29 heavy (non-hydrogen) atoms. The van der Waals surface area contributed by atoms with Gasteiger partial charge in [-0.2, -0.15) is 5.10 Å². The zero-order valence-electron chi connectivity index (χ0n) is 17.1. The average Bonchev–Trinajstić information content (AvgIpc) is 3.27. The van der Waals surface area contributed by atoms with Gasteiger partial charge in [0.2, 0.25) is 0 Å². The lowest BCUT2D eigenvalue weighted by Crippen LogP contribution is -2.52. The van der Waals surface area contributed by atoms with E-state index in [9.17, 15) is 4.79 Å². The number of H-pyrrole nitrogens is 1. The Morgan fingerprint density at radius 3 is 2.62 bits per heavy atom. The maximum absolute atomic E-state index is 12.8. The highest BCUT2D eigenvalue weighted by molar-refractivity contribution is 5.92. The van der Waals surface area contributed by atoms with E-state index >= 15 is 0 Å². The molecule has 0 bridgehead atoms. The van der Waals surface area contributed by atoms with Gasteiger partial charge in [-0.3, -0.25) is 14.8 Å². The van der Waals surface area contributed by atoms with Crippen LogP contribution in [0.15, 0.2) is 30.3 Å². The Labute approximate surface area is 172 Å². The first-order valence-electron chi connectivity index (χ1n) is 10.6. The van der Waals surface area contributed by atoms with Crippen molar-refractivity contribution in [2.45, 2.75) is 44.8 Å². The van der Waals surface area contributed by atoms with Crippen molar-refractivity contribution in [1.82, 2.24) is 20.0 Å². The van der Waals surface area contributed by atoms with Crippen LogP contribution >= 0.6 is 0 Å². The molecule has 2 fully saturated rings. The van der Waals surface area contributed by atoms with Crippen molar-refractivity contribution in [3.05, 3.63) is 41.7 Å². The van der Waals surface area contributed by atoms with Gasteiger partial charge in [0, 0.05) is 38.3 Å². The number of hydrogen-bond donors (Lipinski definition) is 1. The van der Waals surface area contributed by atoms with E-state index in [-0.39, 0.29) is 5.91 Å². The molecule has 4 rings (SSSR count). The summed E-state index contributed by atoms with van der Waals surface area (Å²) >= 11 is 0. The monoisotopic (exact) mass is 398 g/mol. The van der Waals surface area contributed by atoms with Crippen molar-refractivity contribution in [3.8, 4) is 11.5 Å². The first-order valence-corrected chi connectivity index (χ1v) is 10.6. The van der Waals surface area contributed by atoms with E-state index in [0.29, 0.717) is 24.1 Å². The van der Waals surface area contributed by atoms with Crippen molar-refractivity contribution in [2.24, 2.45) is 0 Å². The minimum Gasteiger partial charge on any atom is -0.497 e. The van der Waals surface area contributed by atoms with Gasteiger partial charge in [-0.1, -0.05) is 25.3 Å². The summed E-state index contributed by atoms with van der Waals surface area (Å²) in [6.07, 6.45) is 6.68. The van der Waals surface area contributed by atoms with Crippen LogP contribution < -0.4 is 9.47 Å². The summed E-state index contributed by atoms with van der Waals surface area (Å²) < 4.78 is 11.0. The quantitative estimate of drug-likeness (QED) is 0.810. The van der Waals surface area contributed by atoms with Gasteiger partial charge < -0.3 is 14.4 Å². The molecule has 0 unspecified atom stereocenters. The summed E-state index contributed by atoms with van der Waals surface area (Å²) in [5.74, 6) is 1.46. The molecule has 1 N–H and O–H groups in total. The fourth-order valence-electron chi connectivity index (χ4n) is 4.30. The second kappa shape index (κ2) is 9.31. The molecule has 1 aliphatic carbocycles. The predicted octanol–water partition coefficient (Wildman–Crippen LogP) is 3.09. The number of aromatic amines is 1. The molecule has 1 saturated heterocycles. The molecule has 0 atom stereocenters. The predicted molar refractivity (Wildman–Crippen MR) is 110 cm³/mol. The van der Waals surface area contributed by atoms with Crippen LogP contribution in [0, 0.1) is 0 Å². The Bertz CT molecular complexity index is 808. The van der Waals surface area contributed by atoms with E-state index in [2.05, 4.69) is 15.1 Å². The van der Waals surface area contributed by atoms with E-state index < -0.39 is 0 Å². The molecule has 2 heterocycles. The third-order valence-corrected chi connectivity index (χ3v) is 5.98. The summed E-state index contributed by atoms with van der Waals surface area (Å²) in [6.45, 7) is 3.80. The lowest BCUT2D eigenvalue weighted by atomic mass is 9.94. The van der Waals surface area contributed by atoms with E-state index in [0.717, 1.165) is 37.6 Å². The Balaban J connectivity index is 1.28. The molecular formula is C22H30N4O3. The van der Waals surface area contributed by atoms with E-state index in [1.165, 1.54) is 32.1 Å². The first-order chi connectivity index (χ1) is 14.2. The Kier molecular flexibility index (Phi) is 6.34. The Hall–Kier alpha value is -2.54. The van der Waals surface area contributed by atoms with E-state index in [4.69, 9.17) is 9.47 Å². The highest BCUT2D eigenvalue weighted by Crippen LogP contribution is 2.24. The van der Waals surface area contributed by atoms with E-state index in [1.54, 1.807) is 13.2 Å². The minimum atomic E-state index is -0.00262. The summed E-state index contributed by atoms with van der Waals surface area (Å²) in [5.41, 5.74) is 1.23. The molecule has 7 heteroatoms. The normalized spacial score (nSPS) is 18.6. The number of ether oxygens (including phenoxy) is 2. The molecular weight excluding hydrogens is 368 g/mol. The number of nitrogens with one attached hydrogen (secondary N) is 1. The molecule has 1 aromatic carbocycles. The van der Waals surface area contributed by atoms with Crippen LogP contribution in [0.25, 0.3) is 0 Å². The van der Waals surface area contributed by atoms with Gasteiger partial charge in [0.15, 0.2) is 5.69 Å². The van der Waals surface area contributed by atoms with Crippen molar-refractivity contribution in [1.29, 1.82) is 0 Å². The summed E-state index contributed by atoms with van der Waals surface area (Å²) in [5, 5.41) is 7.13. The number of benzene rings is 1. The largest absolute Gasteiger partial charge is 0.497 e. The van der Waals surface area contributed by atoms with Gasteiger partial charge in [-0.25, -0.2) is 0 Å². The number of amides is 1. The minimum absolute atomic E-state index is 0.00262. The van der Waals surface area contributed by atoms with Crippen LogP contribution in [-0.2, 0) is 6.61 Å². The molecule has 7 nitrogen and oxygen atoms in total. The molecule has 0 radical (unpaired) electrons. The van der Waals surface area contributed by atoms with Crippen molar-refractivity contribution < 1.29 is 14.3 Å². The average molecular weight is 399 g/mol. The zero-order valence-corrected chi connectivity index (χ0v) is 17.1. The van der Waals surface area contributed by atoms with Crippen molar-refractivity contribution in [2.75, 3.05) is 33.3 Å². The molecule has 1 amide bonds. The number of hydrogen-bond acceptors (Lipinski definition) is 5. The molecule has 1 saturated carbocycles. The highest BCUT2D eigenvalue weighted by Gasteiger charge is 2.28. The maximum Gasteiger partial charge on any atom is 0.274 e. The summed E-state index contributed by atoms with van der Waals surface area (Å²) in [7, 11) is 1.63. The SMILES string of the molecule is COc1cccc(OCc2cc(C(=O)N3CCN(C4CCCCC4)CC3)n[nH]2)c1. The number of methoxy groups -OCH3 is 1. The third-order valence-electron chi connectivity index (χ3n) is 5.98. The molecule has 156 valence electrons. The third kappa shape index (κ3) is 4.90. The van der Waals surface area contributed by atoms with Gasteiger partial charge in [0.1, 0.15) is 18.1 Å².